The molecule has 168 valence electrons. The average Bonchev–Trinajstić information content (AvgIpc) is 2.39. The van der Waals surface area contributed by atoms with E-state index in [4.69, 9.17) is 0 Å². The van der Waals surface area contributed by atoms with E-state index in [9.17, 15) is 49.4 Å². The molecule has 0 amide bonds. The number of rotatable bonds is 8. The Hall–Kier alpha value is 2.04. The first kappa shape index (κ1) is 28.1. The van der Waals surface area contributed by atoms with E-state index in [-0.39, 0.29) is 0 Å². The van der Waals surface area contributed by atoms with Crippen LogP contribution >= 0.6 is 26.9 Å². The second kappa shape index (κ2) is 9.89. The largest absolute Gasteiger partial charge is 0.812 e. The first-order chi connectivity index (χ1) is 12.2. The molecule has 4 atom stereocenters. The molecule has 0 radical (unpaired) electrons. The molecular weight excluding hydrogens is 548 g/mol. The van der Waals surface area contributed by atoms with Crippen LogP contribution in [-0.4, -0.2) is 46.8 Å². The molecule has 0 spiro atoms. The van der Waals surface area contributed by atoms with E-state index in [1.54, 1.807) is 0 Å². The third-order valence-electron chi connectivity index (χ3n) is 3.00. The monoisotopic (exact) mass is 556 g/mol. The van der Waals surface area contributed by atoms with E-state index >= 15 is 0 Å². The maximum Gasteiger partial charge on any atom is 0.118 e. The van der Waals surface area contributed by atoms with Crippen LogP contribution in [0.2, 0.25) is 0 Å². The highest BCUT2D eigenvalue weighted by atomic mass is 32.5. The van der Waals surface area contributed by atoms with Crippen molar-refractivity contribution in [3.8, 4) is 0 Å². The summed E-state index contributed by atoms with van der Waals surface area (Å²) in [6.07, 6.45) is -14.7. The van der Waals surface area contributed by atoms with Crippen molar-refractivity contribution in [1.29, 1.82) is 0 Å². The molecule has 2 N–H and O–H groups in total. The molecular formula is C6H8O14P4S4-8. The van der Waals surface area contributed by atoms with E-state index in [0.717, 1.165) is 0 Å². The van der Waals surface area contributed by atoms with Crippen LogP contribution in [0.15, 0.2) is 0 Å². The molecule has 28 heavy (non-hydrogen) atoms. The van der Waals surface area contributed by atoms with Crippen molar-refractivity contribution in [3.63, 3.8) is 0 Å². The Balaban J connectivity index is 3.50. The summed E-state index contributed by atoms with van der Waals surface area (Å²) in [5, 5.41) is 20.3. The van der Waals surface area contributed by atoms with Gasteiger partial charge in [0.2, 0.25) is 0 Å². The van der Waals surface area contributed by atoms with Crippen molar-refractivity contribution in [2.75, 3.05) is 0 Å². The predicted octanol–water partition coefficient (Wildman–Crippen LogP) is -7.96. The van der Waals surface area contributed by atoms with Gasteiger partial charge in [0.05, 0.1) is 0 Å². The summed E-state index contributed by atoms with van der Waals surface area (Å²) in [4.78, 5) is 90.1. The highest BCUT2D eigenvalue weighted by Crippen LogP contribution is 2.46. The topological polar surface area (TPSA) is 262 Å². The quantitative estimate of drug-likeness (QED) is 0.263. The van der Waals surface area contributed by atoms with Gasteiger partial charge in [0, 0.05) is 0 Å². The molecule has 0 aromatic rings. The maximum absolute atomic E-state index is 11.3. The second-order valence-electron chi connectivity index (χ2n) is 5.05. The van der Waals surface area contributed by atoms with E-state index in [1.165, 1.54) is 0 Å². The van der Waals surface area contributed by atoms with Crippen LogP contribution in [0.4, 0.5) is 0 Å². The summed E-state index contributed by atoms with van der Waals surface area (Å²) < 4.78 is 17.2. The van der Waals surface area contributed by atoms with Gasteiger partial charge in [0.1, 0.15) is 36.6 Å². The summed E-state index contributed by atoms with van der Waals surface area (Å²) in [6.45, 7) is -20.8. The minimum absolute atomic E-state index is 2.38. The third-order valence-corrected chi connectivity index (χ3v) is 6.04. The lowest BCUT2D eigenvalue weighted by atomic mass is 9.85. The van der Waals surface area contributed by atoms with E-state index in [0.29, 0.717) is 0 Å². The van der Waals surface area contributed by atoms with Crippen molar-refractivity contribution in [2.45, 2.75) is 36.6 Å². The highest BCUT2D eigenvalue weighted by molar-refractivity contribution is 8.06. The Bertz CT molecular complexity index is 702. The second-order valence-corrected chi connectivity index (χ2v) is 14.8. The maximum atomic E-state index is 11.3. The Morgan fingerprint density at radius 2 is 0.679 bits per heavy atom. The molecule has 0 aromatic carbocycles. The fraction of sp³-hybridized carbons (Fsp3) is 1.00. The van der Waals surface area contributed by atoms with Gasteiger partial charge in [-0.1, -0.05) is 26.9 Å². The summed E-state index contributed by atoms with van der Waals surface area (Å²) in [6, 6.07) is 0. The normalized spacial score (nSPS) is 33.1. The average molecular weight is 556 g/mol. The van der Waals surface area contributed by atoms with Gasteiger partial charge in [-0.15, -0.1) is 47.2 Å². The summed E-state index contributed by atoms with van der Waals surface area (Å²) in [7, 11) is 0. The van der Waals surface area contributed by atoms with Crippen molar-refractivity contribution in [1.82, 2.24) is 0 Å². The van der Waals surface area contributed by atoms with Crippen LogP contribution in [0.3, 0.4) is 0 Å². The number of aliphatic hydroxyl groups excluding tert-OH is 2. The lowest BCUT2D eigenvalue weighted by molar-refractivity contribution is -0.358. The van der Waals surface area contributed by atoms with Crippen molar-refractivity contribution in [3.05, 3.63) is 0 Å². The molecule has 0 heterocycles. The fourth-order valence-electron chi connectivity index (χ4n) is 2.24. The van der Waals surface area contributed by atoms with Gasteiger partial charge in [-0.2, -0.15) is 0 Å². The molecule has 1 fully saturated rings. The van der Waals surface area contributed by atoms with Crippen LogP contribution in [0.1, 0.15) is 0 Å². The smallest absolute Gasteiger partial charge is 0.118 e. The number of aliphatic hydroxyl groups is 2. The molecule has 0 bridgehead atoms. The first-order valence-electron chi connectivity index (χ1n) is 6.38. The van der Waals surface area contributed by atoms with Crippen LogP contribution in [0, 0.1) is 0 Å². The highest BCUT2D eigenvalue weighted by Gasteiger charge is 2.53. The minimum atomic E-state index is -5.23. The zero-order valence-electron chi connectivity index (χ0n) is 12.7. The van der Waals surface area contributed by atoms with E-state index in [2.05, 4.69) is 65.3 Å². The molecule has 0 aromatic heterocycles. The first-order valence-corrected chi connectivity index (χ1v) is 16.6. The standard InChI is InChI=1S/C6H16O14P4S4/c7-1-3(17-21(9,10)25)2(8)5(19-23(13,14)27)6(20-24(15,16)28)4(1)18-22(11,12)26/h1-8H,(H2,9,10,25)(H2,11,12,26)(H2,13,14,27)(H2,15,16,28)/p-8. The van der Waals surface area contributed by atoms with Crippen LogP contribution < -0.4 is 39.1 Å². The Labute approximate surface area is 177 Å². The minimum Gasteiger partial charge on any atom is -0.812 e. The van der Waals surface area contributed by atoms with E-state index in [1.807, 2.05) is 0 Å². The molecule has 1 rings (SSSR count). The third kappa shape index (κ3) is 9.67. The van der Waals surface area contributed by atoms with Crippen molar-refractivity contribution >= 4 is 74.1 Å². The molecule has 4 unspecified atom stereocenters. The SMILES string of the molecule is [O-]P([O-])(=S)OC1C(O)C(OP([O-])([O-])=S)C(OP([O-])([O-])=S)C(OP([O-])([O-])=S)C1O. The van der Waals surface area contributed by atoms with Gasteiger partial charge in [0.25, 0.3) is 0 Å². The fourth-order valence-corrected chi connectivity index (χ4v) is 5.60. The number of hydrogen-bond acceptors (Lipinski definition) is 18. The number of hydrogen-bond donors (Lipinski definition) is 2. The van der Waals surface area contributed by atoms with Crippen LogP contribution in [-0.2, 0) is 65.3 Å². The summed E-state index contributed by atoms with van der Waals surface area (Å²) >= 11 is 15.8. The van der Waals surface area contributed by atoms with Crippen LogP contribution in [0.25, 0.3) is 0 Å². The molecule has 1 saturated carbocycles. The van der Waals surface area contributed by atoms with Gasteiger partial charge < -0.3 is 67.5 Å². The summed E-state index contributed by atoms with van der Waals surface area (Å²) in [5.41, 5.74) is 0. The Morgan fingerprint density at radius 1 is 0.464 bits per heavy atom. The zero-order chi connectivity index (χ0) is 22.3. The van der Waals surface area contributed by atoms with Crippen LogP contribution in [0.5, 0.6) is 0 Å². The Morgan fingerprint density at radius 3 is 0.929 bits per heavy atom. The summed E-state index contributed by atoms with van der Waals surface area (Å²) in [5.74, 6) is 0. The molecule has 1 aliphatic carbocycles. The predicted molar refractivity (Wildman–Crippen MR) is 88.6 cm³/mol. The molecule has 14 nitrogen and oxygen atoms in total. The van der Waals surface area contributed by atoms with Crippen molar-refractivity contribution in [2.24, 2.45) is 0 Å². The van der Waals surface area contributed by atoms with Gasteiger partial charge in [-0.05, 0) is 0 Å². The van der Waals surface area contributed by atoms with Crippen molar-refractivity contribution < 1.29 is 67.5 Å². The zero-order valence-corrected chi connectivity index (χ0v) is 19.5. The van der Waals surface area contributed by atoms with Gasteiger partial charge >= 0.3 is 0 Å². The van der Waals surface area contributed by atoms with Gasteiger partial charge in [-0.3, -0.25) is 0 Å². The molecule has 0 aliphatic heterocycles. The van der Waals surface area contributed by atoms with Gasteiger partial charge in [0.15, 0.2) is 0 Å². The Kier molecular flexibility index (Phi) is 9.92. The van der Waals surface area contributed by atoms with E-state index < -0.39 is 63.5 Å². The molecule has 1 aliphatic rings. The molecule has 0 saturated heterocycles. The van der Waals surface area contributed by atoms with Gasteiger partial charge in [-0.25, -0.2) is 0 Å². The molecule has 22 heteroatoms. The lowest BCUT2D eigenvalue weighted by Gasteiger charge is -2.56. The lowest BCUT2D eigenvalue weighted by Crippen LogP contribution is -2.66.